The van der Waals surface area contributed by atoms with Gasteiger partial charge in [-0.25, -0.2) is 0 Å². The highest BCUT2D eigenvalue weighted by atomic mass is 32.1. The van der Waals surface area contributed by atoms with E-state index in [4.69, 9.17) is 23.7 Å². The molecule has 1 saturated carbocycles. The van der Waals surface area contributed by atoms with E-state index >= 15 is 0 Å². The average molecular weight is 285 g/mol. The van der Waals surface area contributed by atoms with Gasteiger partial charge in [0.15, 0.2) is 0 Å². The molecule has 5 nitrogen and oxygen atoms in total. The summed E-state index contributed by atoms with van der Waals surface area (Å²) >= 11 is 4.99. The second-order valence-electron chi connectivity index (χ2n) is 5.49. The first-order valence-electron chi connectivity index (χ1n) is 6.72. The summed E-state index contributed by atoms with van der Waals surface area (Å²) in [5, 5.41) is 0. The molecular weight excluding hydrogens is 262 g/mol. The number of carbonyl (C=O) groups excluding carboxylic acids is 2. The molecule has 0 aromatic rings. The van der Waals surface area contributed by atoms with Gasteiger partial charge in [0.2, 0.25) is 11.8 Å². The molecule has 2 amide bonds. The van der Waals surface area contributed by atoms with E-state index in [9.17, 15) is 9.59 Å². The summed E-state index contributed by atoms with van der Waals surface area (Å²) in [6.45, 7) is 3.76. The molecule has 0 aromatic heterocycles. The van der Waals surface area contributed by atoms with Crippen LogP contribution in [-0.4, -0.2) is 34.3 Å². The second-order valence-corrected chi connectivity index (χ2v) is 5.97. The van der Waals surface area contributed by atoms with Crippen molar-refractivity contribution in [2.45, 2.75) is 45.6 Å². The van der Waals surface area contributed by atoms with Gasteiger partial charge in [-0.05, 0) is 18.8 Å². The summed E-state index contributed by atoms with van der Waals surface area (Å²) < 4.78 is 0. The summed E-state index contributed by atoms with van der Waals surface area (Å²) in [4.78, 5) is 25.6. The molecule has 1 aliphatic rings. The Morgan fingerprint density at radius 2 is 1.79 bits per heavy atom. The molecule has 0 spiro atoms. The van der Waals surface area contributed by atoms with Crippen LogP contribution in [0.1, 0.15) is 39.5 Å². The van der Waals surface area contributed by atoms with Crippen molar-refractivity contribution in [3.8, 4) is 0 Å². The van der Waals surface area contributed by atoms with Crippen LogP contribution in [0, 0.1) is 11.8 Å². The van der Waals surface area contributed by atoms with Crippen LogP contribution >= 0.6 is 12.2 Å². The van der Waals surface area contributed by atoms with Gasteiger partial charge in [-0.2, -0.15) is 0 Å². The fourth-order valence-electron chi connectivity index (χ4n) is 2.68. The third-order valence-electron chi connectivity index (χ3n) is 3.61. The van der Waals surface area contributed by atoms with Gasteiger partial charge < -0.3 is 16.4 Å². The quantitative estimate of drug-likeness (QED) is 0.706. The minimum atomic E-state index is -0.519. The van der Waals surface area contributed by atoms with Crippen molar-refractivity contribution in [3.63, 3.8) is 0 Å². The minimum Gasteiger partial charge on any atom is -0.393 e. The highest BCUT2D eigenvalue weighted by molar-refractivity contribution is 7.80. The molecule has 1 fully saturated rings. The summed E-state index contributed by atoms with van der Waals surface area (Å²) in [7, 11) is 0. The molecule has 0 heterocycles. The molecular formula is C13H23N3O2S. The first-order chi connectivity index (χ1) is 8.84. The van der Waals surface area contributed by atoms with Gasteiger partial charge in [0.05, 0.1) is 17.5 Å². The number of primary amides is 1. The van der Waals surface area contributed by atoms with E-state index in [1.807, 2.05) is 13.8 Å². The predicted molar refractivity (Wildman–Crippen MR) is 78.3 cm³/mol. The number of nitrogens with zero attached hydrogens (tertiary/aromatic N) is 1. The van der Waals surface area contributed by atoms with Crippen LogP contribution in [0.4, 0.5) is 0 Å². The Hall–Kier alpha value is -1.17. The fraction of sp³-hybridized carbons (Fsp3) is 0.769. The van der Waals surface area contributed by atoms with Gasteiger partial charge >= 0.3 is 0 Å². The third kappa shape index (κ3) is 4.16. The molecule has 19 heavy (non-hydrogen) atoms. The Bertz CT molecular complexity index is 365. The zero-order chi connectivity index (χ0) is 14.6. The van der Waals surface area contributed by atoms with Gasteiger partial charge in [0.25, 0.3) is 0 Å². The van der Waals surface area contributed by atoms with Crippen molar-refractivity contribution in [3.05, 3.63) is 0 Å². The normalized spacial score (nSPS) is 17.4. The molecule has 6 heteroatoms. The summed E-state index contributed by atoms with van der Waals surface area (Å²) in [6, 6.07) is 0.0931. The van der Waals surface area contributed by atoms with Crippen molar-refractivity contribution in [2.75, 3.05) is 6.54 Å². The zero-order valence-electron chi connectivity index (χ0n) is 11.6. The summed E-state index contributed by atoms with van der Waals surface area (Å²) in [5.41, 5.74) is 10.9. The SMILES string of the molecule is CC(C)C(C(=O)N(CC(N)=O)C1CCCC1)C(N)=S. The number of amides is 2. The number of rotatable bonds is 6. The summed E-state index contributed by atoms with van der Waals surface area (Å²) in [5.74, 6) is -1.16. The van der Waals surface area contributed by atoms with E-state index in [0.29, 0.717) is 0 Å². The minimum absolute atomic E-state index is 0.0155. The number of carbonyl (C=O) groups is 2. The second kappa shape index (κ2) is 6.84. The lowest BCUT2D eigenvalue weighted by atomic mass is 9.93. The van der Waals surface area contributed by atoms with Crippen molar-refractivity contribution in [1.29, 1.82) is 0 Å². The topological polar surface area (TPSA) is 89.4 Å². The Labute approximate surface area is 119 Å². The fourth-order valence-corrected chi connectivity index (χ4v) is 3.06. The highest BCUT2D eigenvalue weighted by Gasteiger charge is 2.34. The Kier molecular flexibility index (Phi) is 5.72. The van der Waals surface area contributed by atoms with Crippen LogP contribution in [0.25, 0.3) is 0 Å². The van der Waals surface area contributed by atoms with Crippen molar-refractivity contribution < 1.29 is 9.59 Å². The van der Waals surface area contributed by atoms with Crippen LogP contribution in [0.15, 0.2) is 0 Å². The van der Waals surface area contributed by atoms with Crippen molar-refractivity contribution >= 4 is 29.0 Å². The molecule has 1 unspecified atom stereocenters. The number of hydrogen-bond acceptors (Lipinski definition) is 3. The molecule has 0 radical (unpaired) electrons. The molecule has 108 valence electrons. The van der Waals surface area contributed by atoms with Gasteiger partial charge in [0.1, 0.15) is 0 Å². The van der Waals surface area contributed by atoms with Crippen LogP contribution in [-0.2, 0) is 9.59 Å². The average Bonchev–Trinajstić information content (AvgIpc) is 2.77. The largest absolute Gasteiger partial charge is 0.393 e. The number of hydrogen-bond donors (Lipinski definition) is 2. The number of thiocarbonyl (C=S) groups is 1. The van der Waals surface area contributed by atoms with E-state index in [-0.39, 0.29) is 29.4 Å². The van der Waals surface area contributed by atoms with E-state index in [1.54, 1.807) is 4.90 Å². The number of nitrogens with two attached hydrogens (primary N) is 2. The lowest BCUT2D eigenvalue weighted by molar-refractivity contribution is -0.140. The molecule has 4 N–H and O–H groups in total. The third-order valence-corrected chi connectivity index (χ3v) is 3.87. The maximum Gasteiger partial charge on any atom is 0.237 e. The molecule has 0 aliphatic heterocycles. The van der Waals surface area contributed by atoms with Crippen molar-refractivity contribution in [2.24, 2.45) is 23.3 Å². The monoisotopic (exact) mass is 285 g/mol. The summed E-state index contributed by atoms with van der Waals surface area (Å²) in [6.07, 6.45) is 3.99. The van der Waals surface area contributed by atoms with Crippen molar-refractivity contribution in [1.82, 2.24) is 4.90 Å². The van der Waals surface area contributed by atoms with Crippen LogP contribution < -0.4 is 11.5 Å². The van der Waals surface area contributed by atoms with Gasteiger partial charge in [-0.3, -0.25) is 9.59 Å². The Morgan fingerprint density at radius 1 is 1.26 bits per heavy atom. The molecule has 0 aromatic carbocycles. The van der Waals surface area contributed by atoms with E-state index in [0.717, 1.165) is 25.7 Å². The van der Waals surface area contributed by atoms with Gasteiger partial charge in [-0.15, -0.1) is 0 Å². The van der Waals surface area contributed by atoms with Crippen LogP contribution in [0.5, 0.6) is 0 Å². The zero-order valence-corrected chi connectivity index (χ0v) is 12.4. The molecule has 0 saturated heterocycles. The first-order valence-corrected chi connectivity index (χ1v) is 7.13. The Morgan fingerprint density at radius 3 is 2.16 bits per heavy atom. The van der Waals surface area contributed by atoms with Crippen LogP contribution in [0.2, 0.25) is 0 Å². The molecule has 1 rings (SSSR count). The van der Waals surface area contributed by atoms with E-state index in [1.165, 1.54) is 0 Å². The van der Waals surface area contributed by atoms with Crippen LogP contribution in [0.3, 0.4) is 0 Å². The lowest BCUT2D eigenvalue weighted by Crippen LogP contribution is -2.50. The van der Waals surface area contributed by atoms with E-state index < -0.39 is 11.8 Å². The maximum absolute atomic E-state index is 12.6. The standard InChI is InChI=1S/C13H23N3O2S/c1-8(2)11(12(15)19)13(18)16(7-10(14)17)9-5-3-4-6-9/h8-9,11H,3-7H2,1-2H3,(H2,14,17)(H2,15,19). The first kappa shape index (κ1) is 15.9. The van der Waals surface area contributed by atoms with Gasteiger partial charge in [-0.1, -0.05) is 38.9 Å². The predicted octanol–water partition coefficient (Wildman–Crippen LogP) is 0.801. The smallest absolute Gasteiger partial charge is 0.237 e. The molecule has 1 aliphatic carbocycles. The molecule has 0 bridgehead atoms. The highest BCUT2D eigenvalue weighted by Crippen LogP contribution is 2.26. The van der Waals surface area contributed by atoms with E-state index in [2.05, 4.69) is 0 Å². The Balaban J connectivity index is 2.91. The molecule has 1 atom stereocenters. The maximum atomic E-state index is 12.6. The van der Waals surface area contributed by atoms with Gasteiger partial charge in [0, 0.05) is 6.04 Å². The lowest BCUT2D eigenvalue weighted by Gasteiger charge is -2.32.